The topological polar surface area (TPSA) is 43.4 Å². The van der Waals surface area contributed by atoms with E-state index in [1.165, 1.54) is 6.07 Å². The molecule has 0 radical (unpaired) electrons. The first-order valence-electron chi connectivity index (χ1n) is 5.86. The lowest BCUT2D eigenvalue weighted by molar-refractivity contribution is 0.342. The van der Waals surface area contributed by atoms with Crippen molar-refractivity contribution < 1.29 is 18.1 Å². The van der Waals surface area contributed by atoms with Gasteiger partial charge in [0.25, 0.3) is 10.1 Å². The van der Waals surface area contributed by atoms with Crippen molar-refractivity contribution in [1.29, 1.82) is 0 Å². The van der Waals surface area contributed by atoms with Crippen molar-refractivity contribution in [3.63, 3.8) is 0 Å². The van der Waals surface area contributed by atoms with Gasteiger partial charge in [0.15, 0.2) is 0 Å². The highest BCUT2D eigenvalue weighted by Gasteiger charge is 2.13. The standard InChI is InChI=1S/C9H11BrO3S/c1-8-2-4-9(5-3-8)14(11,12)13-7-6-10/h2-5H,6-7H2,1H3/i1D2,2D,4D. The molecule has 0 heterocycles. The van der Waals surface area contributed by atoms with Gasteiger partial charge >= 0.3 is 0 Å². The molecule has 5 heteroatoms. The van der Waals surface area contributed by atoms with Crippen LogP contribution in [0.4, 0.5) is 0 Å². The van der Waals surface area contributed by atoms with Gasteiger partial charge in [-0.05, 0) is 19.0 Å². The van der Waals surface area contributed by atoms with E-state index in [1.54, 1.807) is 0 Å². The van der Waals surface area contributed by atoms with Crippen LogP contribution in [0.15, 0.2) is 29.1 Å². The van der Waals surface area contributed by atoms with Gasteiger partial charge in [0.05, 0.1) is 14.2 Å². The first-order valence-corrected chi connectivity index (χ1v) is 6.24. The fourth-order valence-electron chi connectivity index (χ4n) is 0.733. The summed E-state index contributed by atoms with van der Waals surface area (Å²) in [7, 11) is -4.08. The number of alkyl halides is 1. The summed E-state index contributed by atoms with van der Waals surface area (Å²) in [5, 5.41) is 0.326. The molecule has 1 rings (SSSR count). The Morgan fingerprint density at radius 1 is 1.57 bits per heavy atom. The number of halogens is 1. The van der Waals surface area contributed by atoms with Crippen molar-refractivity contribution in [3.05, 3.63) is 29.8 Å². The molecule has 0 atom stereocenters. The minimum absolute atomic E-state index is 0.0144. The van der Waals surface area contributed by atoms with Gasteiger partial charge in [0.1, 0.15) is 0 Å². The molecule has 0 amide bonds. The maximum absolute atomic E-state index is 11.7. The highest BCUT2D eigenvalue weighted by molar-refractivity contribution is 9.09. The maximum Gasteiger partial charge on any atom is 0.296 e. The minimum atomic E-state index is -4.08. The van der Waals surface area contributed by atoms with E-state index < -0.39 is 34.0 Å². The summed E-state index contributed by atoms with van der Waals surface area (Å²) in [6.45, 7) is -1.50. The molecule has 0 spiro atoms. The zero-order chi connectivity index (χ0) is 13.9. The fraction of sp³-hybridized carbons (Fsp3) is 0.333. The molecule has 0 aromatic heterocycles. The predicted octanol–water partition coefficient (Wildman–Crippen LogP) is 2.10. The first kappa shape index (κ1) is 6.98. The third kappa shape index (κ3) is 3.08. The second-order valence-corrected chi connectivity index (χ2v) is 4.74. The number of aryl methyl sites for hydroxylation is 1. The molecule has 0 saturated carbocycles. The zero-order valence-electron chi connectivity index (χ0n) is 11.2. The zero-order valence-corrected chi connectivity index (χ0v) is 9.56. The van der Waals surface area contributed by atoms with Crippen molar-refractivity contribution in [2.75, 3.05) is 11.9 Å². The Labute approximate surface area is 98.0 Å². The molecule has 0 aliphatic rings. The van der Waals surface area contributed by atoms with Crippen LogP contribution in [0.2, 0.25) is 0 Å². The number of rotatable bonds is 4. The summed E-state index contributed by atoms with van der Waals surface area (Å²) in [4.78, 5) is -0.419. The quantitative estimate of drug-likeness (QED) is 0.628. The summed E-state index contributed by atoms with van der Waals surface area (Å²) < 4.78 is 57.5. The molecule has 0 aliphatic heterocycles. The summed E-state index contributed by atoms with van der Waals surface area (Å²) in [5.41, 5.74) is -0.0144. The number of hydrogen-bond donors (Lipinski definition) is 0. The highest BCUT2D eigenvalue weighted by Crippen LogP contribution is 2.12. The Hall–Kier alpha value is -0.390. The Kier molecular flexibility index (Phi) is 2.45. The normalized spacial score (nSPS) is 15.9. The van der Waals surface area contributed by atoms with Gasteiger partial charge in [0, 0.05) is 8.07 Å². The third-order valence-corrected chi connectivity index (χ3v) is 2.91. The molecule has 78 valence electrons. The van der Waals surface area contributed by atoms with Crippen LogP contribution in [-0.4, -0.2) is 20.4 Å². The molecule has 3 nitrogen and oxygen atoms in total. The van der Waals surface area contributed by atoms with E-state index in [0.29, 0.717) is 5.33 Å². The Morgan fingerprint density at radius 3 is 3.00 bits per heavy atom. The van der Waals surface area contributed by atoms with Gasteiger partial charge in [-0.2, -0.15) is 8.42 Å². The Bertz CT molecular complexity index is 533. The van der Waals surface area contributed by atoms with E-state index in [2.05, 4.69) is 20.1 Å². The van der Waals surface area contributed by atoms with Crippen LogP contribution < -0.4 is 0 Å². The molecular formula is C9H11BrO3S. The van der Waals surface area contributed by atoms with Crippen molar-refractivity contribution in [2.24, 2.45) is 0 Å². The van der Waals surface area contributed by atoms with Crippen LogP contribution in [-0.2, 0) is 14.3 Å². The van der Waals surface area contributed by atoms with E-state index in [9.17, 15) is 8.42 Å². The van der Waals surface area contributed by atoms with Crippen LogP contribution in [0.3, 0.4) is 0 Å². The van der Waals surface area contributed by atoms with E-state index in [4.69, 9.17) is 5.48 Å². The predicted molar refractivity (Wildman–Crippen MR) is 58.1 cm³/mol. The molecule has 14 heavy (non-hydrogen) atoms. The maximum atomic E-state index is 11.7. The van der Waals surface area contributed by atoms with Gasteiger partial charge in [-0.25, -0.2) is 0 Å². The molecule has 1 aromatic rings. The molecule has 0 saturated heterocycles. The van der Waals surface area contributed by atoms with Crippen LogP contribution in [0.5, 0.6) is 0 Å². The number of benzene rings is 1. The average molecular weight is 283 g/mol. The van der Waals surface area contributed by atoms with E-state index >= 15 is 0 Å². The van der Waals surface area contributed by atoms with Crippen molar-refractivity contribution >= 4 is 26.0 Å². The van der Waals surface area contributed by atoms with Gasteiger partial charge in [-0.1, -0.05) is 33.6 Å². The lowest BCUT2D eigenvalue weighted by Crippen LogP contribution is -2.08. The summed E-state index contributed by atoms with van der Waals surface area (Å²) >= 11 is 3.02. The van der Waals surface area contributed by atoms with Crippen LogP contribution in [0.25, 0.3) is 0 Å². The van der Waals surface area contributed by atoms with Crippen LogP contribution in [0.1, 0.15) is 11.0 Å². The van der Waals surface area contributed by atoms with Gasteiger partial charge in [-0.3, -0.25) is 4.18 Å². The molecule has 0 aliphatic carbocycles. The van der Waals surface area contributed by atoms with E-state index in [-0.39, 0.29) is 12.2 Å². The Morgan fingerprint density at radius 2 is 2.36 bits per heavy atom. The van der Waals surface area contributed by atoms with Crippen LogP contribution in [0, 0.1) is 6.88 Å². The highest BCUT2D eigenvalue weighted by atomic mass is 79.9. The molecule has 0 bridgehead atoms. The Balaban J connectivity index is 3.24. The summed E-state index contributed by atoms with van der Waals surface area (Å²) in [6, 6.07) is 1.30. The lowest BCUT2D eigenvalue weighted by Gasteiger charge is -2.03. The second kappa shape index (κ2) is 4.91. The largest absolute Gasteiger partial charge is 0.296 e. The third-order valence-electron chi connectivity index (χ3n) is 1.33. The molecular weight excluding hydrogens is 268 g/mol. The second-order valence-electron chi connectivity index (χ2n) is 2.37. The summed E-state index contributed by atoms with van der Waals surface area (Å²) in [5.74, 6) is 0. The lowest BCUT2D eigenvalue weighted by atomic mass is 10.2. The number of hydrogen-bond acceptors (Lipinski definition) is 3. The first-order chi connectivity index (χ1) is 8.31. The van der Waals surface area contributed by atoms with Crippen molar-refractivity contribution in [3.8, 4) is 0 Å². The van der Waals surface area contributed by atoms with E-state index in [1.807, 2.05) is 0 Å². The monoisotopic (exact) mass is 282 g/mol. The SMILES string of the molecule is [2H]c1c(C([2H])[2H])ccc(S(=O)(=O)OCCBr)c1[2H]. The van der Waals surface area contributed by atoms with Crippen LogP contribution >= 0.6 is 15.9 Å². The van der Waals surface area contributed by atoms with Gasteiger partial charge in [0.2, 0.25) is 0 Å². The van der Waals surface area contributed by atoms with Gasteiger partial charge < -0.3 is 0 Å². The smallest absolute Gasteiger partial charge is 0.265 e. The molecule has 0 N–H and O–H groups in total. The molecule has 0 fully saturated rings. The molecule has 0 unspecified atom stereocenters. The minimum Gasteiger partial charge on any atom is -0.265 e. The van der Waals surface area contributed by atoms with E-state index in [0.717, 1.165) is 6.07 Å². The average Bonchev–Trinajstić information content (AvgIpc) is 2.29. The van der Waals surface area contributed by atoms with Crippen molar-refractivity contribution in [2.45, 2.75) is 11.8 Å². The van der Waals surface area contributed by atoms with Gasteiger partial charge in [-0.15, -0.1) is 0 Å². The fourth-order valence-corrected chi connectivity index (χ4v) is 1.95. The van der Waals surface area contributed by atoms with Crippen molar-refractivity contribution in [1.82, 2.24) is 0 Å². The summed E-state index contributed by atoms with van der Waals surface area (Å²) in [6.07, 6.45) is 0. The molecule has 1 aromatic carbocycles.